The number of amides is 1. The lowest BCUT2D eigenvalue weighted by Gasteiger charge is -2.41. The van der Waals surface area contributed by atoms with Crippen molar-refractivity contribution in [1.29, 1.82) is 0 Å². The Morgan fingerprint density at radius 3 is 2.65 bits per heavy atom. The van der Waals surface area contributed by atoms with Crippen LogP contribution in [0.1, 0.15) is 61.5 Å². The highest BCUT2D eigenvalue weighted by Crippen LogP contribution is 2.49. The van der Waals surface area contributed by atoms with E-state index in [1.165, 1.54) is 0 Å². The summed E-state index contributed by atoms with van der Waals surface area (Å²) in [5.74, 6) is 1.38. The van der Waals surface area contributed by atoms with E-state index in [1.54, 1.807) is 6.20 Å². The van der Waals surface area contributed by atoms with Gasteiger partial charge >= 0.3 is 0 Å². The molecule has 1 N–H and O–H groups in total. The van der Waals surface area contributed by atoms with Crippen LogP contribution in [-0.4, -0.2) is 58.0 Å². The molecule has 1 aromatic heterocycles. The minimum atomic E-state index is -0.435. The zero-order valence-electron chi connectivity index (χ0n) is 22.4. The molecule has 3 aromatic rings. The van der Waals surface area contributed by atoms with Crippen LogP contribution in [0.5, 0.6) is 11.5 Å². The molecule has 1 aliphatic carbocycles. The summed E-state index contributed by atoms with van der Waals surface area (Å²) in [4.78, 5) is 20.5. The maximum Gasteiger partial charge on any atom is 0.252 e. The number of hydrogen-bond acceptors (Lipinski definition) is 5. The summed E-state index contributed by atoms with van der Waals surface area (Å²) in [6.45, 7) is 10.1. The minimum Gasteiger partial charge on any atom is -0.493 e. The zero-order valence-corrected chi connectivity index (χ0v) is 23.4. The smallest absolute Gasteiger partial charge is 0.252 e. The number of carbonyl (C=O) groups is 1. The van der Waals surface area contributed by atoms with Crippen molar-refractivity contribution < 1.29 is 14.3 Å². The number of aromatic nitrogens is 1. The number of aryl methyl sites for hydroxylation is 1. The molecule has 2 heterocycles. The molecular weight excluding hydrogens is 478 g/mol. The molecule has 3 radical (unpaired) electrons. The van der Waals surface area contributed by atoms with Gasteiger partial charge in [0.15, 0.2) is 0 Å². The quantitative estimate of drug-likeness (QED) is 0.430. The first kappa shape index (κ1) is 25.7. The predicted molar refractivity (Wildman–Crippen MR) is 147 cm³/mol. The molecule has 0 spiro atoms. The van der Waals surface area contributed by atoms with E-state index in [0.29, 0.717) is 24.0 Å². The fraction of sp³-hybridized carbons (Fsp3) is 0.467. The number of nitrogens with one attached hydrogen (secondary N) is 1. The van der Waals surface area contributed by atoms with Crippen LogP contribution in [0.15, 0.2) is 48.7 Å². The van der Waals surface area contributed by atoms with Gasteiger partial charge in [-0.3, -0.25) is 9.78 Å². The van der Waals surface area contributed by atoms with E-state index in [0.717, 1.165) is 53.6 Å². The van der Waals surface area contributed by atoms with Crippen LogP contribution in [0.2, 0.25) is 0 Å². The van der Waals surface area contributed by atoms with Gasteiger partial charge in [0.1, 0.15) is 11.5 Å². The summed E-state index contributed by atoms with van der Waals surface area (Å²) in [5.41, 5.74) is 2.97. The predicted octanol–water partition coefficient (Wildman–Crippen LogP) is 4.96. The molecule has 193 valence electrons. The van der Waals surface area contributed by atoms with Crippen molar-refractivity contribution in [3.8, 4) is 11.5 Å². The van der Waals surface area contributed by atoms with E-state index in [-0.39, 0.29) is 17.0 Å². The third-order valence-electron chi connectivity index (χ3n) is 7.39. The number of rotatable bonds is 8. The topological polar surface area (TPSA) is 63.7 Å². The summed E-state index contributed by atoms with van der Waals surface area (Å²) in [6, 6.07) is 14.2. The number of pyridine rings is 1. The molecule has 6 nitrogen and oxygen atoms in total. The van der Waals surface area contributed by atoms with Gasteiger partial charge in [-0.05, 0) is 80.6 Å². The molecule has 2 fully saturated rings. The third kappa shape index (κ3) is 5.53. The van der Waals surface area contributed by atoms with Crippen molar-refractivity contribution in [3.05, 3.63) is 65.4 Å². The molecule has 1 aliphatic heterocycles. The van der Waals surface area contributed by atoms with Gasteiger partial charge < -0.3 is 19.7 Å². The fourth-order valence-corrected chi connectivity index (χ4v) is 5.43. The molecule has 1 unspecified atom stereocenters. The normalized spacial score (nSPS) is 19.7. The summed E-state index contributed by atoms with van der Waals surface area (Å²) in [5, 5.41) is 4.41. The first-order chi connectivity index (χ1) is 17.5. The Hall–Kier alpha value is -2.90. The molecule has 7 heteroatoms. The number of likely N-dealkylation sites (tertiary alicyclic amines) is 1. The molecule has 1 amide bonds. The number of hydrogen-bond donors (Lipinski definition) is 1. The van der Waals surface area contributed by atoms with Crippen LogP contribution >= 0.6 is 0 Å². The van der Waals surface area contributed by atoms with Crippen molar-refractivity contribution in [3.63, 3.8) is 0 Å². The van der Waals surface area contributed by atoms with Crippen molar-refractivity contribution in [2.45, 2.75) is 64.3 Å². The van der Waals surface area contributed by atoms with E-state index in [1.807, 2.05) is 37.3 Å². The first-order valence-corrected chi connectivity index (χ1v) is 13.7. The van der Waals surface area contributed by atoms with Crippen LogP contribution in [0.4, 0.5) is 0 Å². The number of nitrogens with zero attached hydrogens (tertiary/aromatic N) is 2. The largest absolute Gasteiger partial charge is 0.493 e. The second-order valence-electron chi connectivity index (χ2n) is 11.8. The van der Waals surface area contributed by atoms with Crippen LogP contribution in [0.25, 0.3) is 10.9 Å². The van der Waals surface area contributed by atoms with E-state index in [4.69, 9.17) is 9.47 Å². The molecule has 37 heavy (non-hydrogen) atoms. The Labute approximate surface area is 223 Å². The molecule has 5 rings (SSSR count). The van der Waals surface area contributed by atoms with E-state index in [2.05, 4.69) is 65.4 Å². The summed E-state index contributed by atoms with van der Waals surface area (Å²) < 4.78 is 12.3. The van der Waals surface area contributed by atoms with Gasteiger partial charge in [-0.15, -0.1) is 0 Å². The van der Waals surface area contributed by atoms with Crippen molar-refractivity contribution in [2.75, 3.05) is 20.2 Å². The van der Waals surface area contributed by atoms with Gasteiger partial charge in [-0.1, -0.05) is 32.9 Å². The standard InChI is InChI=1S/C30H36N3O3Si/c1-19-8-9-20(36-28(37)26-10-14-33(26)5)15-23(19)27(34)32-30(11-12-30)24-16-21(35-18-29(2,3)4)17-25-22(24)7-6-13-31-25/h6-9,13,15-17,26,28H,10-12,14,18H2,1-5H3,(H,32,34)/t26-,28?/m0/s1. The van der Waals surface area contributed by atoms with Gasteiger partial charge in [0.05, 0.1) is 33.6 Å². The van der Waals surface area contributed by atoms with Gasteiger partial charge in [-0.25, -0.2) is 0 Å². The number of benzene rings is 2. The molecule has 1 saturated carbocycles. The Balaban J connectivity index is 1.40. The Morgan fingerprint density at radius 2 is 2.00 bits per heavy atom. The van der Waals surface area contributed by atoms with Crippen molar-refractivity contribution in [2.24, 2.45) is 5.41 Å². The van der Waals surface area contributed by atoms with Gasteiger partial charge in [-0.2, -0.15) is 0 Å². The minimum absolute atomic E-state index is 0.0391. The molecule has 0 bridgehead atoms. The molecule has 1 saturated heterocycles. The zero-order chi connectivity index (χ0) is 26.4. The number of ether oxygens (including phenoxy) is 2. The lowest BCUT2D eigenvalue weighted by molar-refractivity contribution is 0.0562. The van der Waals surface area contributed by atoms with Gasteiger partial charge in [0.2, 0.25) is 0 Å². The first-order valence-electron chi connectivity index (χ1n) is 13.1. The Bertz CT molecular complexity index is 1320. The maximum absolute atomic E-state index is 13.6. The number of fused-ring (bicyclic) bond motifs is 1. The van der Waals surface area contributed by atoms with Gasteiger partial charge in [0, 0.05) is 29.3 Å². The Morgan fingerprint density at radius 1 is 1.22 bits per heavy atom. The summed E-state index contributed by atoms with van der Waals surface area (Å²) in [7, 11) is 5.83. The number of carbonyl (C=O) groups excluding carboxylic acids is 1. The average molecular weight is 515 g/mol. The molecule has 2 atom stereocenters. The highest BCUT2D eigenvalue weighted by Gasteiger charge is 2.47. The maximum atomic E-state index is 13.6. The van der Waals surface area contributed by atoms with E-state index in [9.17, 15) is 4.79 Å². The van der Waals surface area contributed by atoms with Crippen molar-refractivity contribution >= 4 is 27.1 Å². The average Bonchev–Trinajstić information content (AvgIpc) is 3.62. The lowest BCUT2D eigenvalue weighted by Crippen LogP contribution is -2.53. The second-order valence-corrected chi connectivity index (χ2v) is 12.3. The molecular formula is C30H36N3O3Si. The Kier molecular flexibility index (Phi) is 6.79. The molecule has 2 aliphatic rings. The number of likely N-dealkylation sites (N-methyl/N-ethyl adjacent to an activating group) is 1. The summed E-state index contributed by atoms with van der Waals surface area (Å²) >= 11 is 0. The van der Waals surface area contributed by atoms with E-state index >= 15 is 0 Å². The molecule has 2 aromatic carbocycles. The second kappa shape index (κ2) is 9.76. The van der Waals surface area contributed by atoms with Crippen LogP contribution in [0.3, 0.4) is 0 Å². The SMILES string of the molecule is Cc1ccc(OC([Si])[C@@H]2CCN2C)cc1C(=O)NC1(c2cc(OCC(C)(C)C)cc3ncccc23)CC1. The highest BCUT2D eigenvalue weighted by molar-refractivity contribution is 6.11. The highest BCUT2D eigenvalue weighted by atomic mass is 28.1. The summed E-state index contributed by atoms with van der Waals surface area (Å²) in [6.07, 6.45) is 4.63. The van der Waals surface area contributed by atoms with Gasteiger partial charge in [0.25, 0.3) is 5.91 Å². The third-order valence-corrected chi connectivity index (χ3v) is 7.90. The van der Waals surface area contributed by atoms with E-state index < -0.39 is 5.54 Å². The monoisotopic (exact) mass is 514 g/mol. The fourth-order valence-electron chi connectivity index (χ4n) is 4.87. The van der Waals surface area contributed by atoms with Crippen LogP contribution in [-0.2, 0) is 5.54 Å². The lowest BCUT2D eigenvalue weighted by atomic mass is 9.97. The van der Waals surface area contributed by atoms with Crippen LogP contribution < -0.4 is 14.8 Å². The van der Waals surface area contributed by atoms with Crippen molar-refractivity contribution in [1.82, 2.24) is 15.2 Å². The van der Waals surface area contributed by atoms with Crippen LogP contribution in [0, 0.1) is 12.3 Å².